The largest absolute Gasteiger partial charge is 0.507 e. The monoisotopic (exact) mass is 904 g/mol. The molecule has 7 atom stereocenters. The molecule has 0 spiro atoms. The number of phenols is 1. The Kier molecular flexibility index (Phi) is 13.1. The summed E-state index contributed by atoms with van der Waals surface area (Å²) in [6.45, 7) is 16.9. The summed E-state index contributed by atoms with van der Waals surface area (Å²) >= 11 is 1.59. The number of β-amino-alcohol motifs (C(OH)–C–C–N with tert-alkyl or cyclic N) is 1. The second kappa shape index (κ2) is 19.1. The maximum absolute atomic E-state index is 14.2. The molecule has 16 nitrogen and oxygen atoms in total. The number of hydrogen-bond acceptors (Lipinski definition) is 15. The van der Waals surface area contributed by atoms with Crippen LogP contribution in [0.15, 0.2) is 70.7 Å². The van der Waals surface area contributed by atoms with Gasteiger partial charge in [-0.2, -0.15) is 0 Å². The van der Waals surface area contributed by atoms with E-state index in [0.29, 0.717) is 47.5 Å². The number of aliphatic hydroxyl groups is 1. The van der Waals surface area contributed by atoms with Gasteiger partial charge in [0.1, 0.15) is 24.3 Å². The number of amides is 2. The van der Waals surface area contributed by atoms with Gasteiger partial charge in [-0.25, -0.2) is 4.98 Å². The van der Waals surface area contributed by atoms with Crippen LogP contribution in [0.2, 0.25) is 0 Å². The summed E-state index contributed by atoms with van der Waals surface area (Å²) < 4.78 is 11.9. The van der Waals surface area contributed by atoms with Crippen molar-refractivity contribution in [3.8, 4) is 33.3 Å². The molecule has 5 aromatic rings. The highest BCUT2D eigenvalue weighted by Gasteiger charge is 2.44. The van der Waals surface area contributed by atoms with Gasteiger partial charge in [0.25, 0.3) is 5.88 Å². The Hall–Kier alpha value is -5.62. The summed E-state index contributed by atoms with van der Waals surface area (Å²) in [5, 5.41) is 40.8. The van der Waals surface area contributed by atoms with Crippen LogP contribution in [0.25, 0.3) is 21.7 Å². The van der Waals surface area contributed by atoms with E-state index in [1.54, 1.807) is 29.5 Å². The Morgan fingerprint density at radius 2 is 1.85 bits per heavy atom. The lowest BCUT2D eigenvalue weighted by Crippen LogP contribution is -2.62. The number of anilines is 2. The molecule has 0 unspecified atom stereocenters. The number of benzene rings is 2. The van der Waals surface area contributed by atoms with Gasteiger partial charge in [0.05, 0.1) is 45.7 Å². The van der Waals surface area contributed by atoms with Crippen molar-refractivity contribution in [2.24, 2.45) is 11.8 Å². The SMILES string of the molecule is Cc1ncsc1-c1ccc([C@H](C)NC(=O)[C@@H]2C[C@@H](O)CN2C(=O)[C@@H](c2cc(OCCN3CC[C@H](N4CCN5c6cc(-c7ccccc7O)nnc6NC[C@H]5C4)[C@@H](C)C3)no2)C(C)C)cc1. The fourth-order valence-electron chi connectivity index (χ4n) is 10.3. The van der Waals surface area contributed by atoms with Crippen LogP contribution in [-0.4, -0.2) is 140 Å². The first-order valence-corrected chi connectivity index (χ1v) is 23.8. The number of aryl methyl sites for hydroxylation is 1. The fraction of sp³-hybridized carbons (Fsp3) is 0.500. The van der Waals surface area contributed by atoms with Crippen molar-refractivity contribution in [1.82, 2.24) is 40.4 Å². The number of phenolic OH excluding ortho intramolecular Hbond substituents is 1. The van der Waals surface area contributed by atoms with Crippen molar-refractivity contribution in [3.63, 3.8) is 0 Å². The number of aromatic nitrogens is 4. The molecule has 4 aliphatic rings. The Balaban J connectivity index is 0.753. The number of carbonyl (C=O) groups is 2. The van der Waals surface area contributed by atoms with Gasteiger partial charge in [0, 0.05) is 69.9 Å². The summed E-state index contributed by atoms with van der Waals surface area (Å²) in [6, 6.07) is 18.7. The molecule has 3 fully saturated rings. The minimum Gasteiger partial charge on any atom is -0.507 e. The van der Waals surface area contributed by atoms with Crippen molar-refractivity contribution in [1.29, 1.82) is 0 Å². The topological polar surface area (TPSA) is 186 Å². The molecule has 9 rings (SSSR count). The molecular formula is C48H60N10O6S. The third-order valence-corrected chi connectivity index (χ3v) is 14.7. The first-order valence-electron chi connectivity index (χ1n) is 22.9. The van der Waals surface area contributed by atoms with Crippen LogP contribution in [0.4, 0.5) is 11.5 Å². The van der Waals surface area contributed by atoms with E-state index in [0.717, 1.165) is 85.4 Å². The number of piperidine rings is 1. The average molecular weight is 905 g/mol. The molecule has 0 bridgehead atoms. The van der Waals surface area contributed by atoms with Gasteiger partial charge < -0.3 is 39.9 Å². The van der Waals surface area contributed by atoms with Gasteiger partial charge in [0.15, 0.2) is 11.6 Å². The molecule has 344 valence electrons. The van der Waals surface area contributed by atoms with E-state index in [2.05, 4.69) is 52.6 Å². The summed E-state index contributed by atoms with van der Waals surface area (Å²) in [7, 11) is 0. The number of thiazole rings is 1. The van der Waals surface area contributed by atoms with Gasteiger partial charge in [0.2, 0.25) is 11.8 Å². The van der Waals surface area contributed by atoms with E-state index in [9.17, 15) is 19.8 Å². The van der Waals surface area contributed by atoms with E-state index in [1.165, 1.54) is 4.90 Å². The zero-order valence-corrected chi connectivity index (χ0v) is 38.6. The standard InChI is InChI=1S/C48H60N10O6S/c1-28(2)44(48(62)58-26-35(59)20-40(58)47(61)51-30(4)32-10-12-33(13-11-32)45-31(5)50-27-65-45)42-22-43(54-64-42)63-19-18-55-15-14-38(29(3)24-55)56-16-17-57-34(25-56)23-49-46-39(57)21-37(52-53-46)36-8-6-7-9-41(36)60/h6-13,21-22,27-30,34-35,38,40,44,59-60H,14-20,23-26H2,1-5H3,(H,49,53)(H,51,61)/t29-,30-,34-,35+,38-,40-,44+/m0/s1. The highest BCUT2D eigenvalue weighted by Crippen LogP contribution is 2.38. The van der Waals surface area contributed by atoms with Gasteiger partial charge in [-0.1, -0.05) is 57.2 Å². The lowest BCUT2D eigenvalue weighted by Gasteiger charge is -2.50. The number of aliphatic hydroxyl groups excluding tert-OH is 1. The minimum atomic E-state index is -0.821. The van der Waals surface area contributed by atoms with E-state index in [4.69, 9.17) is 9.26 Å². The molecule has 0 radical (unpaired) electrons. The van der Waals surface area contributed by atoms with Gasteiger partial charge in [-0.05, 0) is 73.1 Å². The number of ether oxygens (including phenoxy) is 1. The molecule has 3 aromatic heterocycles. The molecule has 3 saturated heterocycles. The maximum atomic E-state index is 14.2. The number of fused-ring (bicyclic) bond motifs is 3. The van der Waals surface area contributed by atoms with Crippen molar-refractivity contribution >= 4 is 34.7 Å². The summed E-state index contributed by atoms with van der Waals surface area (Å²) in [4.78, 5) is 42.5. The third kappa shape index (κ3) is 9.42. The number of carbonyl (C=O) groups excluding carboxylic acids is 2. The summed E-state index contributed by atoms with van der Waals surface area (Å²) in [5.41, 5.74) is 7.20. The second-order valence-corrected chi connectivity index (χ2v) is 19.3. The van der Waals surface area contributed by atoms with E-state index >= 15 is 0 Å². The van der Waals surface area contributed by atoms with E-state index in [1.807, 2.05) is 75.7 Å². The Morgan fingerprint density at radius 1 is 1.03 bits per heavy atom. The van der Waals surface area contributed by atoms with Gasteiger partial charge >= 0.3 is 0 Å². The van der Waals surface area contributed by atoms with Crippen molar-refractivity contribution in [2.75, 3.05) is 69.2 Å². The minimum absolute atomic E-state index is 0.0604. The Morgan fingerprint density at radius 3 is 2.60 bits per heavy atom. The van der Waals surface area contributed by atoms with Crippen molar-refractivity contribution < 1.29 is 29.1 Å². The second-order valence-electron chi connectivity index (χ2n) is 18.5. The van der Waals surface area contributed by atoms with E-state index in [-0.39, 0.29) is 42.5 Å². The quantitative estimate of drug-likeness (QED) is 0.115. The highest BCUT2D eigenvalue weighted by atomic mass is 32.1. The number of piperazine rings is 1. The lowest BCUT2D eigenvalue weighted by atomic mass is 9.91. The maximum Gasteiger partial charge on any atom is 0.254 e. The van der Waals surface area contributed by atoms with Gasteiger partial charge in [-0.15, -0.1) is 21.5 Å². The summed E-state index contributed by atoms with van der Waals surface area (Å²) in [6.07, 6.45) is 0.404. The van der Waals surface area contributed by atoms with Crippen LogP contribution in [0.5, 0.6) is 11.6 Å². The van der Waals surface area contributed by atoms with Crippen LogP contribution in [0, 0.1) is 18.8 Å². The Labute approximate surface area is 384 Å². The molecule has 2 aromatic carbocycles. The number of hydrogen-bond donors (Lipinski definition) is 4. The predicted molar refractivity (Wildman–Crippen MR) is 249 cm³/mol. The molecule has 7 heterocycles. The fourth-order valence-corrected chi connectivity index (χ4v) is 11.1. The number of nitrogens with zero attached hydrogens (tertiary/aromatic N) is 8. The number of nitrogens with one attached hydrogen (secondary N) is 2. The van der Waals surface area contributed by atoms with Crippen molar-refractivity contribution in [3.05, 3.63) is 83.2 Å². The van der Waals surface area contributed by atoms with Crippen LogP contribution in [0.1, 0.15) is 69.5 Å². The number of likely N-dealkylation sites (tertiary alicyclic amines) is 2. The van der Waals surface area contributed by atoms with Crippen LogP contribution in [0.3, 0.4) is 0 Å². The molecule has 2 amide bonds. The Bertz CT molecular complexity index is 2460. The lowest BCUT2D eigenvalue weighted by molar-refractivity contribution is -0.141. The zero-order valence-electron chi connectivity index (χ0n) is 37.8. The number of aromatic hydroxyl groups is 1. The van der Waals surface area contributed by atoms with Crippen molar-refractivity contribution in [2.45, 2.75) is 83.6 Å². The zero-order chi connectivity index (χ0) is 45.4. The first kappa shape index (κ1) is 44.6. The number of para-hydroxylation sites is 1. The third-order valence-electron chi connectivity index (χ3n) is 13.7. The molecule has 0 aliphatic carbocycles. The molecule has 4 N–H and O–H groups in total. The normalized spacial score (nSPS) is 23.4. The predicted octanol–water partition coefficient (Wildman–Crippen LogP) is 5.55. The summed E-state index contributed by atoms with van der Waals surface area (Å²) in [5.74, 6) is 0.678. The molecule has 17 heteroatoms. The highest BCUT2D eigenvalue weighted by molar-refractivity contribution is 7.13. The first-order chi connectivity index (χ1) is 31.4. The molecule has 65 heavy (non-hydrogen) atoms. The molecular weight excluding hydrogens is 845 g/mol. The number of rotatable bonds is 13. The van der Waals surface area contributed by atoms with Crippen LogP contribution < -0.4 is 20.3 Å². The van der Waals surface area contributed by atoms with Gasteiger partial charge in [-0.3, -0.25) is 19.4 Å². The van der Waals surface area contributed by atoms with Crippen LogP contribution in [-0.2, 0) is 9.59 Å². The average Bonchev–Trinajstić information content (AvgIpc) is 4.06. The smallest absolute Gasteiger partial charge is 0.254 e. The van der Waals surface area contributed by atoms with E-state index < -0.39 is 18.1 Å². The molecule has 4 aliphatic heterocycles. The van der Waals surface area contributed by atoms with Crippen LogP contribution >= 0.6 is 11.3 Å². The molecule has 0 saturated carbocycles.